The third-order valence-electron chi connectivity index (χ3n) is 2.03. The molecule has 1 aromatic rings. The highest BCUT2D eigenvalue weighted by molar-refractivity contribution is 5.32. The summed E-state index contributed by atoms with van der Waals surface area (Å²) in [5.74, 6) is 5.87. The van der Waals surface area contributed by atoms with Crippen molar-refractivity contribution in [3.05, 3.63) is 35.4 Å². The molecule has 0 N–H and O–H groups in total. The van der Waals surface area contributed by atoms with Gasteiger partial charge in [-0.15, -0.1) is 5.92 Å². The lowest BCUT2D eigenvalue weighted by atomic mass is 10.1. The molecule has 0 fully saturated rings. The van der Waals surface area contributed by atoms with E-state index in [1.165, 1.54) is 0 Å². The number of rotatable bonds is 3. The van der Waals surface area contributed by atoms with Crippen LogP contribution in [0.5, 0.6) is 0 Å². The van der Waals surface area contributed by atoms with Gasteiger partial charge in [-0.1, -0.05) is 18.1 Å². The van der Waals surface area contributed by atoms with E-state index in [2.05, 4.69) is 22.8 Å². The molecule has 0 amide bonds. The summed E-state index contributed by atoms with van der Waals surface area (Å²) >= 11 is 0. The molecule has 0 radical (unpaired) electrons. The van der Waals surface area contributed by atoms with Gasteiger partial charge in [-0.05, 0) is 31.7 Å². The van der Waals surface area contributed by atoms with Crippen molar-refractivity contribution in [1.82, 2.24) is 4.90 Å². The second-order valence-corrected chi connectivity index (χ2v) is 3.41. The number of nitrogens with zero attached hydrogens (tertiary/aromatic N) is 2. The summed E-state index contributed by atoms with van der Waals surface area (Å²) in [6.45, 7) is 3.42. The van der Waals surface area contributed by atoms with Crippen molar-refractivity contribution in [3.8, 4) is 17.9 Å². The molecule has 0 aliphatic heterocycles. The molecule has 0 atom stereocenters. The van der Waals surface area contributed by atoms with Crippen LogP contribution in [0.3, 0.4) is 0 Å². The zero-order chi connectivity index (χ0) is 11.1. The topological polar surface area (TPSA) is 27.0 Å². The lowest BCUT2D eigenvalue weighted by Gasteiger charge is -2.12. The van der Waals surface area contributed by atoms with Crippen LogP contribution in [-0.2, 0) is 6.54 Å². The molecule has 0 spiro atoms. The van der Waals surface area contributed by atoms with Crippen LogP contribution in [0.1, 0.15) is 18.1 Å². The van der Waals surface area contributed by atoms with Gasteiger partial charge in [0.1, 0.15) is 0 Å². The minimum atomic E-state index is 0.711. The van der Waals surface area contributed by atoms with Crippen molar-refractivity contribution in [2.24, 2.45) is 0 Å². The van der Waals surface area contributed by atoms with Crippen molar-refractivity contribution in [1.29, 1.82) is 5.26 Å². The maximum absolute atomic E-state index is 8.75. The van der Waals surface area contributed by atoms with E-state index in [4.69, 9.17) is 5.26 Å². The summed E-state index contributed by atoms with van der Waals surface area (Å²) in [4.78, 5) is 2.12. The average molecular weight is 198 g/mol. The molecule has 0 saturated heterocycles. The van der Waals surface area contributed by atoms with Gasteiger partial charge in [-0.2, -0.15) is 5.26 Å². The minimum Gasteiger partial charge on any atom is -0.291 e. The van der Waals surface area contributed by atoms with Crippen LogP contribution < -0.4 is 0 Å². The fourth-order valence-electron chi connectivity index (χ4n) is 1.32. The van der Waals surface area contributed by atoms with Crippen molar-refractivity contribution in [2.75, 3.05) is 13.6 Å². The highest BCUT2D eigenvalue weighted by Crippen LogP contribution is 2.06. The number of nitriles is 1. The summed E-state index contributed by atoms with van der Waals surface area (Å²) in [7, 11) is 2.02. The lowest BCUT2D eigenvalue weighted by molar-refractivity contribution is 0.369. The Hall–Kier alpha value is -1.77. The molecule has 2 nitrogen and oxygen atoms in total. The second-order valence-electron chi connectivity index (χ2n) is 3.41. The van der Waals surface area contributed by atoms with Gasteiger partial charge in [0.05, 0.1) is 18.2 Å². The van der Waals surface area contributed by atoms with E-state index >= 15 is 0 Å². The van der Waals surface area contributed by atoms with E-state index in [1.54, 1.807) is 0 Å². The van der Waals surface area contributed by atoms with Crippen molar-refractivity contribution in [2.45, 2.75) is 13.5 Å². The molecule has 0 unspecified atom stereocenters. The Morgan fingerprint density at radius 1 is 1.40 bits per heavy atom. The standard InChI is InChI=1S/C13H14N2/c1-3-4-8-15(2)11-13-7-5-6-12(9-13)10-14/h5-7,9H,8,11H2,1-2H3. The molecule has 0 aliphatic rings. The molecule has 0 aliphatic carbocycles. The first-order valence-electron chi connectivity index (χ1n) is 4.83. The maximum atomic E-state index is 8.75. The molecule has 0 heterocycles. The van der Waals surface area contributed by atoms with Gasteiger partial charge < -0.3 is 0 Å². The maximum Gasteiger partial charge on any atom is 0.0991 e. The Balaban J connectivity index is 2.63. The highest BCUT2D eigenvalue weighted by atomic mass is 15.1. The fourth-order valence-corrected chi connectivity index (χ4v) is 1.32. The van der Waals surface area contributed by atoms with Crippen LogP contribution in [0.25, 0.3) is 0 Å². The SMILES string of the molecule is CC#CCN(C)Cc1cccc(C#N)c1. The van der Waals surface area contributed by atoms with Crippen LogP contribution in [0, 0.1) is 23.2 Å². The van der Waals surface area contributed by atoms with Gasteiger partial charge in [0.2, 0.25) is 0 Å². The zero-order valence-electron chi connectivity index (χ0n) is 9.12. The molecule has 2 heteroatoms. The van der Waals surface area contributed by atoms with E-state index in [0.717, 1.165) is 18.7 Å². The Kier molecular flexibility index (Phi) is 4.41. The first-order valence-corrected chi connectivity index (χ1v) is 4.83. The molecule has 1 aromatic carbocycles. The first-order chi connectivity index (χ1) is 7.26. The monoisotopic (exact) mass is 198 g/mol. The summed E-state index contributed by atoms with van der Waals surface area (Å²) in [6.07, 6.45) is 0. The van der Waals surface area contributed by atoms with Gasteiger partial charge in [-0.3, -0.25) is 4.90 Å². The number of hydrogen-bond donors (Lipinski definition) is 0. The Labute approximate surface area is 91.1 Å². The number of hydrogen-bond acceptors (Lipinski definition) is 2. The van der Waals surface area contributed by atoms with E-state index in [0.29, 0.717) is 5.56 Å². The molecular weight excluding hydrogens is 184 g/mol. The van der Waals surface area contributed by atoms with Crippen molar-refractivity contribution >= 4 is 0 Å². The van der Waals surface area contributed by atoms with Crippen LogP contribution in [-0.4, -0.2) is 18.5 Å². The predicted molar refractivity (Wildman–Crippen MR) is 60.9 cm³/mol. The minimum absolute atomic E-state index is 0.711. The van der Waals surface area contributed by atoms with Crippen LogP contribution in [0.4, 0.5) is 0 Å². The fraction of sp³-hybridized carbons (Fsp3) is 0.308. The lowest BCUT2D eigenvalue weighted by Crippen LogP contribution is -2.17. The largest absolute Gasteiger partial charge is 0.291 e. The summed E-state index contributed by atoms with van der Waals surface area (Å²) < 4.78 is 0. The Bertz CT molecular complexity index is 418. The summed E-state index contributed by atoms with van der Waals surface area (Å²) in [6, 6.07) is 9.80. The Morgan fingerprint density at radius 2 is 2.20 bits per heavy atom. The quantitative estimate of drug-likeness (QED) is 0.695. The van der Waals surface area contributed by atoms with E-state index in [9.17, 15) is 0 Å². The van der Waals surface area contributed by atoms with Crippen molar-refractivity contribution in [3.63, 3.8) is 0 Å². The predicted octanol–water partition coefficient (Wildman–Crippen LogP) is 2.01. The third-order valence-corrected chi connectivity index (χ3v) is 2.03. The van der Waals surface area contributed by atoms with E-state index in [-0.39, 0.29) is 0 Å². The van der Waals surface area contributed by atoms with Gasteiger partial charge in [0, 0.05) is 6.54 Å². The highest BCUT2D eigenvalue weighted by Gasteiger charge is 1.99. The van der Waals surface area contributed by atoms with Crippen LogP contribution in [0.15, 0.2) is 24.3 Å². The van der Waals surface area contributed by atoms with Gasteiger partial charge in [0.25, 0.3) is 0 Å². The van der Waals surface area contributed by atoms with E-state index in [1.807, 2.05) is 38.2 Å². The van der Waals surface area contributed by atoms with E-state index < -0.39 is 0 Å². The molecule has 15 heavy (non-hydrogen) atoms. The molecule has 1 rings (SSSR count). The van der Waals surface area contributed by atoms with Gasteiger partial charge in [0.15, 0.2) is 0 Å². The summed E-state index contributed by atoms with van der Waals surface area (Å²) in [5, 5.41) is 8.75. The molecule has 76 valence electrons. The van der Waals surface area contributed by atoms with Crippen LogP contribution >= 0.6 is 0 Å². The van der Waals surface area contributed by atoms with Gasteiger partial charge in [-0.25, -0.2) is 0 Å². The zero-order valence-corrected chi connectivity index (χ0v) is 9.12. The van der Waals surface area contributed by atoms with Crippen LogP contribution in [0.2, 0.25) is 0 Å². The normalized spacial score (nSPS) is 9.20. The smallest absolute Gasteiger partial charge is 0.0991 e. The Morgan fingerprint density at radius 3 is 2.87 bits per heavy atom. The van der Waals surface area contributed by atoms with Crippen molar-refractivity contribution < 1.29 is 0 Å². The number of benzene rings is 1. The third kappa shape index (κ3) is 3.85. The molecular formula is C13H14N2. The first kappa shape index (κ1) is 11.3. The second kappa shape index (κ2) is 5.86. The molecule has 0 saturated carbocycles. The molecule has 0 aromatic heterocycles. The average Bonchev–Trinajstić information content (AvgIpc) is 2.26. The van der Waals surface area contributed by atoms with Gasteiger partial charge >= 0.3 is 0 Å². The molecule has 0 bridgehead atoms. The summed E-state index contributed by atoms with van der Waals surface area (Å²) in [5.41, 5.74) is 1.86.